The zero-order valence-electron chi connectivity index (χ0n) is 11.9. The van der Waals surface area contributed by atoms with Crippen molar-refractivity contribution in [1.29, 1.82) is 0 Å². The van der Waals surface area contributed by atoms with Crippen molar-refractivity contribution in [2.24, 2.45) is 0 Å². The Morgan fingerprint density at radius 3 is 2.68 bits per heavy atom. The van der Waals surface area contributed by atoms with Crippen LogP contribution in [0.3, 0.4) is 0 Å². The third kappa shape index (κ3) is 3.01. The topological polar surface area (TPSA) is 21.3 Å². The van der Waals surface area contributed by atoms with Crippen LogP contribution >= 0.6 is 0 Å². The van der Waals surface area contributed by atoms with Gasteiger partial charge in [0.05, 0.1) is 11.7 Å². The first-order valence-corrected chi connectivity index (χ1v) is 7.74. The number of ether oxygens (including phenoxy) is 1. The highest BCUT2D eigenvalue weighted by atomic mass is 16.5. The van der Waals surface area contributed by atoms with Crippen molar-refractivity contribution in [2.75, 3.05) is 6.54 Å². The average Bonchev–Trinajstić information content (AvgIpc) is 3.08. The van der Waals surface area contributed by atoms with E-state index in [0.29, 0.717) is 12.1 Å². The second kappa shape index (κ2) is 5.64. The maximum absolute atomic E-state index is 6.33. The van der Waals surface area contributed by atoms with E-state index in [-0.39, 0.29) is 5.60 Å². The Kier molecular flexibility index (Phi) is 3.90. The highest BCUT2D eigenvalue weighted by Gasteiger charge is 2.41. The Morgan fingerprint density at radius 2 is 1.95 bits per heavy atom. The molecule has 0 radical (unpaired) electrons. The Bertz CT molecular complexity index is 397. The minimum Gasteiger partial charge on any atom is -0.370 e. The molecule has 104 valence electrons. The van der Waals surface area contributed by atoms with Gasteiger partial charge in [0.25, 0.3) is 0 Å². The van der Waals surface area contributed by atoms with E-state index in [9.17, 15) is 0 Å². The van der Waals surface area contributed by atoms with Crippen molar-refractivity contribution >= 4 is 0 Å². The lowest BCUT2D eigenvalue weighted by Gasteiger charge is -2.24. The number of hydrogen-bond acceptors (Lipinski definition) is 2. The van der Waals surface area contributed by atoms with Gasteiger partial charge in [-0.15, -0.1) is 0 Å². The molecule has 1 aromatic carbocycles. The number of benzene rings is 1. The van der Waals surface area contributed by atoms with E-state index >= 15 is 0 Å². The fraction of sp³-hybridized carbons (Fsp3) is 0.647. The quantitative estimate of drug-likeness (QED) is 0.887. The predicted octanol–water partition coefficient (Wildman–Crippen LogP) is 3.83. The summed E-state index contributed by atoms with van der Waals surface area (Å²) in [5.74, 6) is 0. The number of rotatable bonds is 4. The molecular formula is C17H25NO. The summed E-state index contributed by atoms with van der Waals surface area (Å²) in [5, 5.41) is 3.62. The number of nitrogens with one attached hydrogen (secondary N) is 1. The molecule has 0 bridgehead atoms. The minimum absolute atomic E-state index is 0.266. The molecule has 1 heterocycles. The van der Waals surface area contributed by atoms with Crippen LogP contribution in [0, 0.1) is 0 Å². The van der Waals surface area contributed by atoms with Crippen LogP contribution in [-0.2, 0) is 4.74 Å². The molecule has 1 saturated carbocycles. The summed E-state index contributed by atoms with van der Waals surface area (Å²) in [5.41, 5.74) is 1.62. The van der Waals surface area contributed by atoms with Crippen molar-refractivity contribution in [3.63, 3.8) is 0 Å². The van der Waals surface area contributed by atoms with Gasteiger partial charge in [-0.1, -0.05) is 43.2 Å². The molecule has 1 saturated heterocycles. The summed E-state index contributed by atoms with van der Waals surface area (Å²) in [7, 11) is 0. The van der Waals surface area contributed by atoms with E-state index in [2.05, 4.69) is 42.6 Å². The van der Waals surface area contributed by atoms with Crippen molar-refractivity contribution in [3.05, 3.63) is 35.9 Å². The molecule has 1 aromatic rings. The van der Waals surface area contributed by atoms with Crippen molar-refractivity contribution < 1.29 is 4.74 Å². The lowest BCUT2D eigenvalue weighted by Crippen LogP contribution is -2.32. The third-order valence-corrected chi connectivity index (χ3v) is 4.80. The zero-order valence-corrected chi connectivity index (χ0v) is 11.9. The smallest absolute Gasteiger partial charge is 0.0708 e. The standard InChI is InChI=1S/C17H25NO/c1-14(15-7-3-2-4-8-15)18-13-16-9-12-17(19-16)10-5-6-11-17/h2-4,7-8,14,16,18H,5-6,9-13H2,1H3/t14-,16?/m1/s1. The van der Waals surface area contributed by atoms with Crippen molar-refractivity contribution in [2.45, 2.75) is 63.2 Å². The van der Waals surface area contributed by atoms with Crippen molar-refractivity contribution in [1.82, 2.24) is 5.32 Å². The van der Waals surface area contributed by atoms with Gasteiger partial charge >= 0.3 is 0 Å². The first kappa shape index (κ1) is 13.1. The summed E-state index contributed by atoms with van der Waals surface area (Å²) in [6.45, 7) is 3.22. The molecule has 2 aliphatic rings. The van der Waals surface area contributed by atoms with Crippen LogP contribution in [0.1, 0.15) is 57.1 Å². The molecule has 1 N–H and O–H groups in total. The molecule has 3 rings (SSSR count). The maximum Gasteiger partial charge on any atom is 0.0708 e. The summed E-state index contributed by atoms with van der Waals surface area (Å²) < 4.78 is 6.33. The van der Waals surface area contributed by atoms with Crippen LogP contribution in [0.25, 0.3) is 0 Å². The second-order valence-electron chi connectivity index (χ2n) is 6.21. The van der Waals surface area contributed by atoms with Gasteiger partial charge < -0.3 is 10.1 Å². The Hall–Kier alpha value is -0.860. The van der Waals surface area contributed by atoms with E-state index in [1.165, 1.54) is 44.1 Å². The first-order chi connectivity index (χ1) is 9.27. The molecule has 0 aromatic heterocycles. The summed E-state index contributed by atoms with van der Waals surface area (Å²) in [6.07, 6.45) is 8.23. The summed E-state index contributed by atoms with van der Waals surface area (Å²) in [6, 6.07) is 11.1. The molecule has 1 spiro atoms. The first-order valence-electron chi connectivity index (χ1n) is 7.74. The van der Waals surface area contributed by atoms with E-state index < -0.39 is 0 Å². The highest BCUT2D eigenvalue weighted by molar-refractivity contribution is 5.18. The largest absolute Gasteiger partial charge is 0.370 e. The molecule has 2 heteroatoms. The molecule has 19 heavy (non-hydrogen) atoms. The normalized spacial score (nSPS) is 26.9. The molecule has 2 nitrogen and oxygen atoms in total. The lowest BCUT2D eigenvalue weighted by atomic mass is 9.98. The van der Waals surface area contributed by atoms with Crippen LogP contribution in [0.5, 0.6) is 0 Å². The van der Waals surface area contributed by atoms with Crippen LogP contribution in [0.15, 0.2) is 30.3 Å². The van der Waals surface area contributed by atoms with Crippen molar-refractivity contribution in [3.8, 4) is 0 Å². The Morgan fingerprint density at radius 1 is 1.21 bits per heavy atom. The van der Waals surface area contributed by atoms with Gasteiger partial charge in [-0.2, -0.15) is 0 Å². The maximum atomic E-state index is 6.33. The predicted molar refractivity (Wildman–Crippen MR) is 78.2 cm³/mol. The van der Waals surface area contributed by atoms with Crippen LogP contribution in [0.4, 0.5) is 0 Å². The molecule has 1 aliphatic carbocycles. The summed E-state index contributed by atoms with van der Waals surface area (Å²) in [4.78, 5) is 0. The van der Waals surface area contributed by atoms with Gasteiger partial charge in [0.1, 0.15) is 0 Å². The van der Waals surface area contributed by atoms with Gasteiger partial charge in [-0.3, -0.25) is 0 Å². The average molecular weight is 259 g/mol. The van der Waals surface area contributed by atoms with Gasteiger partial charge in [0, 0.05) is 12.6 Å². The van der Waals surface area contributed by atoms with Crippen LogP contribution in [0.2, 0.25) is 0 Å². The Balaban J connectivity index is 1.48. The molecule has 1 aliphatic heterocycles. The molecular weight excluding hydrogens is 234 g/mol. The zero-order chi connectivity index (χ0) is 13.1. The monoisotopic (exact) mass is 259 g/mol. The molecule has 0 amide bonds. The molecule has 2 fully saturated rings. The third-order valence-electron chi connectivity index (χ3n) is 4.80. The van der Waals surface area contributed by atoms with Gasteiger partial charge in [-0.05, 0) is 38.2 Å². The van der Waals surface area contributed by atoms with Gasteiger partial charge in [0.15, 0.2) is 0 Å². The highest BCUT2D eigenvalue weighted by Crippen LogP contribution is 2.43. The SMILES string of the molecule is C[C@@H](NCC1CCC2(CCCC2)O1)c1ccccc1. The van der Waals surface area contributed by atoms with Gasteiger partial charge in [-0.25, -0.2) is 0 Å². The fourth-order valence-electron chi connectivity index (χ4n) is 3.59. The van der Waals surface area contributed by atoms with E-state index in [1.54, 1.807) is 0 Å². The van der Waals surface area contributed by atoms with Crippen LogP contribution in [-0.4, -0.2) is 18.2 Å². The molecule has 2 atom stereocenters. The van der Waals surface area contributed by atoms with Crippen LogP contribution < -0.4 is 5.32 Å². The fourth-order valence-corrected chi connectivity index (χ4v) is 3.59. The van der Waals surface area contributed by atoms with E-state index in [4.69, 9.17) is 4.74 Å². The number of hydrogen-bond donors (Lipinski definition) is 1. The summed E-state index contributed by atoms with van der Waals surface area (Å²) >= 11 is 0. The lowest BCUT2D eigenvalue weighted by molar-refractivity contribution is -0.0357. The second-order valence-corrected chi connectivity index (χ2v) is 6.21. The van der Waals surface area contributed by atoms with Gasteiger partial charge in [0.2, 0.25) is 0 Å². The van der Waals surface area contributed by atoms with E-state index in [1.807, 2.05) is 0 Å². The van der Waals surface area contributed by atoms with E-state index in [0.717, 1.165) is 6.54 Å². The Labute approximate surface area is 116 Å². The molecule has 1 unspecified atom stereocenters. The minimum atomic E-state index is 0.266.